The van der Waals surface area contributed by atoms with E-state index in [2.05, 4.69) is 33.1 Å². The quantitative estimate of drug-likeness (QED) is 0.348. The van der Waals surface area contributed by atoms with Crippen molar-refractivity contribution in [1.82, 2.24) is 0 Å². The molecule has 0 atom stereocenters. The molecular formula is C11H24O2Si. The molecule has 0 heterocycles. The lowest BCUT2D eigenvalue weighted by Gasteiger charge is -2.20. The maximum Gasteiger partial charge on any atom is 0.257 e. The first-order valence-corrected chi connectivity index (χ1v) is 8.87. The number of ether oxygens (including phenoxy) is 1. The first kappa shape index (κ1) is 13.6. The highest BCUT2D eigenvalue weighted by atomic mass is 28.4. The molecule has 0 fully saturated rings. The molecule has 0 spiro atoms. The lowest BCUT2D eigenvalue weighted by atomic mass is 10.2. The summed E-state index contributed by atoms with van der Waals surface area (Å²) in [7, 11) is -1.52. The molecule has 0 saturated carbocycles. The Labute approximate surface area is 89.4 Å². The third kappa shape index (κ3) is 9.64. The van der Waals surface area contributed by atoms with Crippen molar-refractivity contribution in [2.45, 2.75) is 52.2 Å². The molecule has 0 radical (unpaired) electrons. The Morgan fingerprint density at radius 3 is 2.29 bits per heavy atom. The van der Waals surface area contributed by atoms with Crippen LogP contribution in [0.4, 0.5) is 0 Å². The molecule has 0 bridgehead atoms. The van der Waals surface area contributed by atoms with Gasteiger partial charge in [0.25, 0.3) is 5.95 Å². The van der Waals surface area contributed by atoms with Gasteiger partial charge in [-0.25, -0.2) is 0 Å². The zero-order valence-corrected chi connectivity index (χ0v) is 11.1. The molecule has 3 heteroatoms. The highest BCUT2D eigenvalue weighted by molar-refractivity contribution is 6.69. The average molecular weight is 216 g/mol. The Hall–Kier alpha value is -0.443. The second kappa shape index (κ2) is 6.93. The Balaban J connectivity index is 3.36. The molecule has 0 aliphatic rings. The van der Waals surface area contributed by atoms with Gasteiger partial charge in [0.15, 0.2) is 0 Å². The zero-order chi connectivity index (χ0) is 11.0. The van der Waals surface area contributed by atoms with Crippen LogP contribution in [0.1, 0.15) is 32.6 Å². The van der Waals surface area contributed by atoms with E-state index < -0.39 is 8.32 Å². The number of hydrogen-bond acceptors (Lipinski definition) is 2. The van der Waals surface area contributed by atoms with Gasteiger partial charge < -0.3 is 9.16 Å². The van der Waals surface area contributed by atoms with Crippen LogP contribution in [0.5, 0.6) is 0 Å². The first-order valence-electron chi connectivity index (χ1n) is 5.46. The number of unbranched alkanes of at least 4 members (excludes halogenated alkanes) is 3. The van der Waals surface area contributed by atoms with E-state index in [1.807, 2.05) is 0 Å². The van der Waals surface area contributed by atoms with Gasteiger partial charge in [-0.1, -0.05) is 26.2 Å². The van der Waals surface area contributed by atoms with E-state index in [1.165, 1.54) is 19.3 Å². The summed E-state index contributed by atoms with van der Waals surface area (Å²) in [5.74, 6) is 0.501. The van der Waals surface area contributed by atoms with Gasteiger partial charge in [0.05, 0.1) is 6.61 Å². The molecule has 0 aliphatic heterocycles. The average Bonchev–Trinajstić information content (AvgIpc) is 2.00. The van der Waals surface area contributed by atoms with Crippen molar-refractivity contribution in [2.24, 2.45) is 0 Å². The van der Waals surface area contributed by atoms with Crippen molar-refractivity contribution in [3.63, 3.8) is 0 Å². The second-order valence-corrected chi connectivity index (χ2v) is 8.92. The zero-order valence-electron chi connectivity index (χ0n) is 10.1. The van der Waals surface area contributed by atoms with E-state index in [0.717, 1.165) is 13.0 Å². The smallest absolute Gasteiger partial charge is 0.257 e. The summed E-state index contributed by atoms with van der Waals surface area (Å²) in [5.41, 5.74) is 0. The van der Waals surface area contributed by atoms with E-state index >= 15 is 0 Å². The number of hydrogen-bond donors (Lipinski definition) is 0. The standard InChI is InChI=1S/C11H24O2Si/c1-6-7-8-9-10-12-11(2)13-14(3,4)5/h2,6-10H2,1,3-5H3. The molecule has 0 aromatic rings. The fourth-order valence-electron chi connectivity index (χ4n) is 1.09. The van der Waals surface area contributed by atoms with E-state index in [-0.39, 0.29) is 0 Å². The van der Waals surface area contributed by atoms with E-state index in [1.54, 1.807) is 0 Å². The molecule has 84 valence electrons. The van der Waals surface area contributed by atoms with Crippen molar-refractivity contribution in [3.05, 3.63) is 12.5 Å². The Kier molecular flexibility index (Phi) is 6.71. The van der Waals surface area contributed by atoms with E-state index in [9.17, 15) is 0 Å². The maximum absolute atomic E-state index is 5.57. The van der Waals surface area contributed by atoms with E-state index in [0.29, 0.717) is 5.95 Å². The second-order valence-electron chi connectivity index (χ2n) is 4.50. The molecule has 0 aromatic carbocycles. The molecular weight excluding hydrogens is 192 g/mol. The lowest BCUT2D eigenvalue weighted by Crippen LogP contribution is -2.25. The van der Waals surface area contributed by atoms with Gasteiger partial charge in [-0.05, 0) is 32.6 Å². The fraction of sp³-hybridized carbons (Fsp3) is 0.818. The van der Waals surface area contributed by atoms with Gasteiger partial charge in [-0.15, -0.1) is 0 Å². The maximum atomic E-state index is 5.57. The van der Waals surface area contributed by atoms with Crippen LogP contribution in [0, 0.1) is 0 Å². The first-order chi connectivity index (χ1) is 6.45. The van der Waals surface area contributed by atoms with Gasteiger partial charge in [-0.2, -0.15) is 0 Å². The predicted octanol–water partition coefficient (Wildman–Crippen LogP) is 3.91. The van der Waals surface area contributed by atoms with Gasteiger partial charge in [0.1, 0.15) is 0 Å². The summed E-state index contributed by atoms with van der Waals surface area (Å²) in [6, 6.07) is 0. The minimum Gasteiger partial charge on any atom is -0.520 e. The van der Waals surface area contributed by atoms with Gasteiger partial charge in [-0.3, -0.25) is 0 Å². The van der Waals surface area contributed by atoms with E-state index in [4.69, 9.17) is 9.16 Å². The monoisotopic (exact) mass is 216 g/mol. The summed E-state index contributed by atoms with van der Waals surface area (Å²) >= 11 is 0. The van der Waals surface area contributed by atoms with Crippen molar-refractivity contribution in [3.8, 4) is 0 Å². The van der Waals surface area contributed by atoms with Gasteiger partial charge in [0.2, 0.25) is 8.32 Å². The van der Waals surface area contributed by atoms with Gasteiger partial charge >= 0.3 is 0 Å². The molecule has 0 unspecified atom stereocenters. The summed E-state index contributed by atoms with van der Waals surface area (Å²) < 4.78 is 10.9. The lowest BCUT2D eigenvalue weighted by molar-refractivity contribution is 0.102. The third-order valence-corrected chi connectivity index (χ3v) is 2.52. The van der Waals surface area contributed by atoms with Crippen molar-refractivity contribution >= 4 is 8.32 Å². The largest absolute Gasteiger partial charge is 0.520 e. The summed E-state index contributed by atoms with van der Waals surface area (Å²) in [5, 5.41) is 0. The topological polar surface area (TPSA) is 18.5 Å². The SMILES string of the molecule is C=C(OCCCCCC)O[Si](C)(C)C. The van der Waals surface area contributed by atoms with Crippen LogP contribution in [-0.2, 0) is 9.16 Å². The molecule has 2 nitrogen and oxygen atoms in total. The molecule has 0 amide bonds. The van der Waals surface area contributed by atoms with Crippen LogP contribution in [0.2, 0.25) is 19.6 Å². The Morgan fingerprint density at radius 1 is 1.14 bits per heavy atom. The number of rotatable bonds is 8. The van der Waals surface area contributed by atoms with Gasteiger partial charge in [0, 0.05) is 0 Å². The normalized spacial score (nSPS) is 11.1. The molecule has 0 rings (SSSR count). The Bertz CT molecular complexity index is 161. The van der Waals surface area contributed by atoms with Crippen LogP contribution in [0.25, 0.3) is 0 Å². The Morgan fingerprint density at radius 2 is 1.79 bits per heavy atom. The van der Waals surface area contributed by atoms with Crippen LogP contribution in [-0.4, -0.2) is 14.9 Å². The molecule has 0 saturated heterocycles. The minimum absolute atomic E-state index is 0.501. The van der Waals surface area contributed by atoms with Crippen molar-refractivity contribution < 1.29 is 9.16 Å². The minimum atomic E-state index is -1.52. The summed E-state index contributed by atoms with van der Waals surface area (Å²) in [6.45, 7) is 13.1. The molecule has 0 N–H and O–H groups in total. The fourth-order valence-corrected chi connectivity index (χ4v) is 1.83. The molecule has 0 aromatic heterocycles. The highest BCUT2D eigenvalue weighted by Crippen LogP contribution is 2.10. The highest BCUT2D eigenvalue weighted by Gasteiger charge is 2.17. The molecule has 14 heavy (non-hydrogen) atoms. The van der Waals surface area contributed by atoms with Crippen molar-refractivity contribution in [1.29, 1.82) is 0 Å². The summed E-state index contributed by atoms with van der Waals surface area (Å²) in [6.07, 6.45) is 4.87. The molecule has 0 aliphatic carbocycles. The van der Waals surface area contributed by atoms with Crippen LogP contribution >= 0.6 is 0 Å². The van der Waals surface area contributed by atoms with Crippen LogP contribution < -0.4 is 0 Å². The van der Waals surface area contributed by atoms with Crippen LogP contribution in [0.15, 0.2) is 12.5 Å². The third-order valence-electron chi connectivity index (χ3n) is 1.68. The van der Waals surface area contributed by atoms with Crippen LogP contribution in [0.3, 0.4) is 0 Å². The summed E-state index contributed by atoms with van der Waals surface area (Å²) in [4.78, 5) is 0. The van der Waals surface area contributed by atoms with Crippen molar-refractivity contribution in [2.75, 3.05) is 6.61 Å². The predicted molar refractivity (Wildman–Crippen MR) is 63.7 cm³/mol.